The van der Waals surface area contributed by atoms with Crippen LogP contribution in [0.25, 0.3) is 55.6 Å². The molecule has 0 aliphatic heterocycles. The van der Waals surface area contributed by atoms with Gasteiger partial charge in [-0.15, -0.1) is 0 Å². The van der Waals surface area contributed by atoms with Gasteiger partial charge >= 0.3 is 0 Å². The highest BCUT2D eigenvalue weighted by Gasteiger charge is 2.15. The number of benzene rings is 2. The number of unbranched alkanes of at least 4 members (excludes halogenated alkanes) is 1. The van der Waals surface area contributed by atoms with Gasteiger partial charge in [-0.2, -0.15) is 5.10 Å². The number of nitrogens with one attached hydrogen (secondary N) is 3. The van der Waals surface area contributed by atoms with E-state index >= 15 is 0 Å². The summed E-state index contributed by atoms with van der Waals surface area (Å²) in [5.74, 6) is 0. The Balaban J connectivity index is 1.37. The van der Waals surface area contributed by atoms with Gasteiger partial charge in [0.1, 0.15) is 5.69 Å². The van der Waals surface area contributed by atoms with Crippen LogP contribution >= 0.6 is 0 Å². The summed E-state index contributed by atoms with van der Waals surface area (Å²) in [5.41, 5.74) is 10.0. The number of aromatic amines is 2. The number of H-pyrrole nitrogens is 2. The molecule has 0 fully saturated rings. The monoisotopic (exact) mass is 484 g/mol. The molecule has 6 rings (SSSR count). The second-order valence-electron chi connectivity index (χ2n) is 9.29. The Kier molecular flexibility index (Phi) is 5.98. The molecule has 6 heteroatoms. The molecule has 0 radical (unpaired) electrons. The third-order valence-corrected chi connectivity index (χ3v) is 6.65. The van der Waals surface area contributed by atoms with Gasteiger partial charge < -0.3 is 10.3 Å². The Hall–Kier alpha value is -4.71. The van der Waals surface area contributed by atoms with Crippen molar-refractivity contribution < 1.29 is 0 Å². The molecule has 0 unspecified atom stereocenters. The number of pyridine rings is 2. The van der Waals surface area contributed by atoms with E-state index < -0.39 is 0 Å². The lowest BCUT2D eigenvalue weighted by molar-refractivity contribution is 0.791. The zero-order valence-electron chi connectivity index (χ0n) is 20.8. The van der Waals surface area contributed by atoms with Gasteiger partial charge in [0.05, 0.1) is 28.8 Å². The normalized spacial score (nSPS) is 11.3. The molecule has 0 bridgehead atoms. The van der Waals surface area contributed by atoms with E-state index in [1.807, 2.05) is 36.8 Å². The maximum atomic E-state index is 4.67. The molecule has 37 heavy (non-hydrogen) atoms. The van der Waals surface area contributed by atoms with Crippen LogP contribution in [-0.2, 0) is 0 Å². The van der Waals surface area contributed by atoms with Crippen molar-refractivity contribution in [2.24, 2.45) is 0 Å². The van der Waals surface area contributed by atoms with E-state index in [9.17, 15) is 0 Å². The zero-order valence-corrected chi connectivity index (χ0v) is 20.8. The van der Waals surface area contributed by atoms with E-state index in [0.717, 1.165) is 86.2 Å². The summed E-state index contributed by atoms with van der Waals surface area (Å²) >= 11 is 0. The highest BCUT2D eigenvalue weighted by atomic mass is 15.1. The third-order valence-electron chi connectivity index (χ3n) is 6.65. The van der Waals surface area contributed by atoms with Crippen molar-refractivity contribution in [2.45, 2.75) is 26.2 Å². The fraction of sp³-hybridized carbons (Fsp3) is 0.129. The van der Waals surface area contributed by atoms with Crippen LogP contribution in [-0.4, -0.2) is 25.1 Å². The molecule has 6 aromatic rings. The highest BCUT2D eigenvalue weighted by Crippen LogP contribution is 2.35. The second kappa shape index (κ2) is 9.74. The van der Waals surface area contributed by atoms with Crippen LogP contribution in [0.15, 0.2) is 97.6 Å². The summed E-state index contributed by atoms with van der Waals surface area (Å²) in [6.45, 7) is 6.34. The lowest BCUT2D eigenvalue weighted by Crippen LogP contribution is -1.98. The number of allylic oxidation sites excluding steroid dienone is 1. The first-order chi connectivity index (χ1) is 18.2. The van der Waals surface area contributed by atoms with Gasteiger partial charge in [0.15, 0.2) is 0 Å². The van der Waals surface area contributed by atoms with Crippen LogP contribution < -0.4 is 5.32 Å². The molecule has 0 spiro atoms. The maximum absolute atomic E-state index is 4.67. The number of fused-ring (bicyclic) bond motifs is 2. The highest BCUT2D eigenvalue weighted by molar-refractivity contribution is 6.01. The third kappa shape index (κ3) is 4.49. The molecule has 3 N–H and O–H groups in total. The Morgan fingerprint density at radius 2 is 1.86 bits per heavy atom. The van der Waals surface area contributed by atoms with Crippen molar-refractivity contribution in [2.75, 3.05) is 5.32 Å². The van der Waals surface area contributed by atoms with Crippen molar-refractivity contribution in [3.05, 3.63) is 97.6 Å². The van der Waals surface area contributed by atoms with Gasteiger partial charge in [-0.05, 0) is 60.9 Å². The van der Waals surface area contributed by atoms with Gasteiger partial charge in [-0.3, -0.25) is 15.1 Å². The minimum atomic E-state index is 0.884. The molecule has 6 nitrogen and oxygen atoms in total. The van der Waals surface area contributed by atoms with Crippen LogP contribution in [0.1, 0.15) is 26.2 Å². The van der Waals surface area contributed by atoms with E-state index in [-0.39, 0.29) is 0 Å². The minimum absolute atomic E-state index is 0.884. The van der Waals surface area contributed by atoms with E-state index in [2.05, 4.69) is 92.5 Å². The van der Waals surface area contributed by atoms with Crippen molar-refractivity contribution >= 4 is 27.5 Å². The number of aromatic nitrogens is 5. The van der Waals surface area contributed by atoms with Crippen molar-refractivity contribution in [3.63, 3.8) is 0 Å². The summed E-state index contributed by atoms with van der Waals surface area (Å²) in [4.78, 5) is 12.6. The van der Waals surface area contributed by atoms with Gasteiger partial charge in [-0.25, -0.2) is 0 Å². The van der Waals surface area contributed by atoms with Crippen LogP contribution in [0.5, 0.6) is 0 Å². The summed E-state index contributed by atoms with van der Waals surface area (Å²) in [6, 6.07) is 22.9. The minimum Gasteiger partial charge on any atom is -0.358 e. The van der Waals surface area contributed by atoms with Gasteiger partial charge in [0.2, 0.25) is 0 Å². The topological polar surface area (TPSA) is 82.3 Å². The van der Waals surface area contributed by atoms with E-state index in [1.54, 1.807) is 0 Å². The summed E-state index contributed by atoms with van der Waals surface area (Å²) in [7, 11) is 0. The summed E-state index contributed by atoms with van der Waals surface area (Å²) < 4.78 is 0. The molecule has 0 atom stereocenters. The fourth-order valence-electron chi connectivity index (χ4n) is 4.75. The smallest absolute Gasteiger partial charge is 0.116 e. The Morgan fingerprint density at radius 1 is 0.919 bits per heavy atom. The number of anilines is 1. The molecule has 4 aromatic heterocycles. The van der Waals surface area contributed by atoms with E-state index in [0.29, 0.717) is 0 Å². The number of hydrogen-bond acceptors (Lipinski definition) is 4. The Bertz CT molecular complexity index is 1710. The lowest BCUT2D eigenvalue weighted by atomic mass is 10.0. The van der Waals surface area contributed by atoms with Gasteiger partial charge in [0, 0.05) is 45.5 Å². The molecule has 4 heterocycles. The van der Waals surface area contributed by atoms with Crippen LogP contribution in [0, 0.1) is 0 Å². The van der Waals surface area contributed by atoms with Crippen molar-refractivity contribution in [3.8, 4) is 33.8 Å². The molecule has 0 saturated heterocycles. The first kappa shape index (κ1) is 22.7. The number of rotatable bonds is 8. The number of hydrogen-bond donors (Lipinski definition) is 3. The van der Waals surface area contributed by atoms with E-state index in [1.165, 1.54) is 0 Å². The van der Waals surface area contributed by atoms with E-state index in [4.69, 9.17) is 0 Å². The van der Waals surface area contributed by atoms with Gasteiger partial charge in [0.25, 0.3) is 0 Å². The molecule has 0 saturated carbocycles. The standard InChI is InChI=1S/C31H28N6/c1-3-4-8-20(2)34-23-15-22(18-32-19-23)21-12-13-29-26(16-21)31(37-36-29)30-17-25-24(9-7-11-28(25)35-30)27-10-5-6-14-33-27/h5-7,9-19,34-35H,2-4,8H2,1H3,(H,36,37). The average Bonchev–Trinajstić information content (AvgIpc) is 3.56. The Morgan fingerprint density at radius 3 is 2.73 bits per heavy atom. The first-order valence-corrected chi connectivity index (χ1v) is 12.6. The molecule has 0 aliphatic carbocycles. The molecule has 0 amide bonds. The van der Waals surface area contributed by atoms with Crippen LogP contribution in [0.2, 0.25) is 0 Å². The molecular formula is C31H28N6. The molecule has 0 aliphatic rings. The van der Waals surface area contributed by atoms with Crippen molar-refractivity contribution in [1.82, 2.24) is 25.1 Å². The second-order valence-corrected chi connectivity index (χ2v) is 9.29. The Labute approximate surface area is 215 Å². The maximum Gasteiger partial charge on any atom is 0.116 e. The fourth-order valence-corrected chi connectivity index (χ4v) is 4.75. The zero-order chi connectivity index (χ0) is 25.2. The SMILES string of the molecule is C=C(CCCC)Nc1cncc(-c2ccc3[nH]nc(-c4cc5c(-c6ccccn6)cccc5[nH]4)c3c2)c1. The van der Waals surface area contributed by atoms with Gasteiger partial charge in [-0.1, -0.05) is 44.2 Å². The quantitative estimate of drug-likeness (QED) is 0.205. The largest absolute Gasteiger partial charge is 0.358 e. The molecular weight excluding hydrogens is 456 g/mol. The molecule has 2 aromatic carbocycles. The van der Waals surface area contributed by atoms with Crippen LogP contribution in [0.3, 0.4) is 0 Å². The van der Waals surface area contributed by atoms with Crippen LogP contribution in [0.4, 0.5) is 5.69 Å². The predicted molar refractivity (Wildman–Crippen MR) is 152 cm³/mol. The summed E-state index contributed by atoms with van der Waals surface area (Å²) in [5, 5.41) is 13.4. The lowest BCUT2D eigenvalue weighted by Gasteiger charge is -2.10. The summed E-state index contributed by atoms with van der Waals surface area (Å²) in [6.07, 6.45) is 8.78. The first-order valence-electron chi connectivity index (χ1n) is 12.6. The predicted octanol–water partition coefficient (Wildman–Crippen LogP) is 7.95. The average molecular weight is 485 g/mol. The number of nitrogens with zero attached hydrogens (tertiary/aromatic N) is 3. The van der Waals surface area contributed by atoms with Crippen molar-refractivity contribution in [1.29, 1.82) is 0 Å². The molecule has 182 valence electrons.